The van der Waals surface area contributed by atoms with Crippen LogP contribution in [0.15, 0.2) is 6.07 Å². The SMILES string of the molecule is Cc1cc(C)n(CCNC(C2CC2)C2CC2)n1. The first-order valence-electron chi connectivity index (χ1n) is 6.98. The molecule has 3 nitrogen and oxygen atoms in total. The summed E-state index contributed by atoms with van der Waals surface area (Å²) in [7, 11) is 0. The molecule has 0 spiro atoms. The third-order valence-corrected chi connectivity index (χ3v) is 4.07. The Bertz CT molecular complexity index is 376. The summed E-state index contributed by atoms with van der Waals surface area (Å²) in [5.74, 6) is 1.98. The molecule has 1 aromatic rings. The largest absolute Gasteiger partial charge is 0.312 e. The van der Waals surface area contributed by atoms with Gasteiger partial charge < -0.3 is 5.32 Å². The molecule has 0 unspecified atom stereocenters. The van der Waals surface area contributed by atoms with Gasteiger partial charge in [0.15, 0.2) is 0 Å². The Morgan fingerprint density at radius 2 is 1.94 bits per heavy atom. The number of nitrogens with zero attached hydrogens (tertiary/aromatic N) is 2. The Morgan fingerprint density at radius 1 is 1.29 bits per heavy atom. The van der Waals surface area contributed by atoms with Crippen LogP contribution >= 0.6 is 0 Å². The minimum absolute atomic E-state index is 0.812. The summed E-state index contributed by atoms with van der Waals surface area (Å²) in [6, 6.07) is 2.96. The molecular formula is C14H23N3. The molecule has 94 valence electrons. The number of rotatable bonds is 6. The standard InChI is InChI=1S/C14H23N3/c1-10-9-11(2)17(16-10)8-7-15-14(12-3-4-12)13-5-6-13/h9,12-15H,3-8H2,1-2H3. The zero-order valence-corrected chi connectivity index (χ0v) is 10.9. The van der Waals surface area contributed by atoms with Crippen molar-refractivity contribution < 1.29 is 0 Å². The second kappa shape index (κ2) is 4.45. The highest BCUT2D eigenvalue weighted by Gasteiger charge is 2.40. The minimum atomic E-state index is 0.812. The maximum atomic E-state index is 4.50. The highest BCUT2D eigenvalue weighted by atomic mass is 15.3. The highest BCUT2D eigenvalue weighted by molar-refractivity contribution is 5.06. The summed E-state index contributed by atoms with van der Waals surface area (Å²) in [6.07, 6.45) is 5.81. The first-order chi connectivity index (χ1) is 8.24. The van der Waals surface area contributed by atoms with E-state index >= 15 is 0 Å². The van der Waals surface area contributed by atoms with E-state index in [1.54, 1.807) is 0 Å². The third kappa shape index (κ3) is 2.71. The van der Waals surface area contributed by atoms with Gasteiger partial charge in [-0.05, 0) is 57.4 Å². The van der Waals surface area contributed by atoms with Crippen molar-refractivity contribution in [3.8, 4) is 0 Å². The zero-order valence-electron chi connectivity index (χ0n) is 10.9. The van der Waals surface area contributed by atoms with Gasteiger partial charge in [0.05, 0.1) is 12.2 Å². The smallest absolute Gasteiger partial charge is 0.0596 e. The van der Waals surface area contributed by atoms with Crippen LogP contribution in [0, 0.1) is 25.7 Å². The number of aromatic nitrogens is 2. The van der Waals surface area contributed by atoms with Gasteiger partial charge in [-0.15, -0.1) is 0 Å². The van der Waals surface area contributed by atoms with Gasteiger partial charge >= 0.3 is 0 Å². The average Bonchev–Trinajstić information content (AvgIpc) is 3.14. The van der Waals surface area contributed by atoms with Gasteiger partial charge in [-0.2, -0.15) is 5.10 Å². The predicted molar refractivity (Wildman–Crippen MR) is 68.9 cm³/mol. The maximum absolute atomic E-state index is 4.50. The van der Waals surface area contributed by atoms with Gasteiger partial charge in [0, 0.05) is 18.3 Å². The number of hydrogen-bond acceptors (Lipinski definition) is 2. The molecule has 0 radical (unpaired) electrons. The molecule has 1 heterocycles. The van der Waals surface area contributed by atoms with Crippen molar-refractivity contribution in [1.29, 1.82) is 0 Å². The van der Waals surface area contributed by atoms with Crippen LogP contribution in [0.25, 0.3) is 0 Å². The highest BCUT2D eigenvalue weighted by Crippen LogP contribution is 2.44. The summed E-state index contributed by atoms with van der Waals surface area (Å²) in [4.78, 5) is 0. The van der Waals surface area contributed by atoms with Gasteiger partial charge in [0.1, 0.15) is 0 Å². The molecule has 0 bridgehead atoms. The Morgan fingerprint density at radius 3 is 2.41 bits per heavy atom. The Balaban J connectivity index is 1.49. The molecule has 17 heavy (non-hydrogen) atoms. The summed E-state index contributed by atoms with van der Waals surface area (Å²) in [6.45, 7) is 6.28. The Hall–Kier alpha value is -0.830. The van der Waals surface area contributed by atoms with Crippen LogP contribution in [0.1, 0.15) is 37.1 Å². The van der Waals surface area contributed by atoms with Crippen molar-refractivity contribution in [1.82, 2.24) is 15.1 Å². The van der Waals surface area contributed by atoms with Crippen molar-refractivity contribution in [2.24, 2.45) is 11.8 Å². The normalized spacial score (nSPS) is 20.2. The van der Waals surface area contributed by atoms with E-state index < -0.39 is 0 Å². The monoisotopic (exact) mass is 233 g/mol. The number of aryl methyl sites for hydroxylation is 2. The second-order valence-corrected chi connectivity index (χ2v) is 5.81. The fraction of sp³-hybridized carbons (Fsp3) is 0.786. The van der Waals surface area contributed by atoms with Gasteiger partial charge in [-0.1, -0.05) is 0 Å². The zero-order chi connectivity index (χ0) is 11.8. The van der Waals surface area contributed by atoms with Gasteiger partial charge in [-0.3, -0.25) is 4.68 Å². The van der Waals surface area contributed by atoms with Crippen LogP contribution in [-0.2, 0) is 6.54 Å². The molecule has 0 atom stereocenters. The predicted octanol–water partition coefficient (Wildman–Crippen LogP) is 2.28. The fourth-order valence-corrected chi connectivity index (χ4v) is 2.87. The molecule has 2 aliphatic rings. The lowest BCUT2D eigenvalue weighted by atomic mass is 10.1. The minimum Gasteiger partial charge on any atom is -0.312 e. The topological polar surface area (TPSA) is 29.9 Å². The van der Waals surface area contributed by atoms with Gasteiger partial charge in [-0.25, -0.2) is 0 Å². The van der Waals surface area contributed by atoms with Crippen molar-refractivity contribution in [3.05, 3.63) is 17.5 Å². The molecule has 2 saturated carbocycles. The molecule has 2 aliphatic carbocycles. The van der Waals surface area contributed by atoms with Crippen LogP contribution < -0.4 is 5.32 Å². The van der Waals surface area contributed by atoms with Crippen molar-refractivity contribution in [3.63, 3.8) is 0 Å². The van der Waals surface area contributed by atoms with Crippen LogP contribution in [0.3, 0.4) is 0 Å². The lowest BCUT2D eigenvalue weighted by Crippen LogP contribution is -2.35. The quantitative estimate of drug-likeness (QED) is 0.817. The van der Waals surface area contributed by atoms with Crippen LogP contribution in [0.4, 0.5) is 0 Å². The molecule has 0 saturated heterocycles. The second-order valence-electron chi connectivity index (χ2n) is 5.81. The van der Waals surface area contributed by atoms with Gasteiger partial charge in [0.2, 0.25) is 0 Å². The van der Waals surface area contributed by atoms with Gasteiger partial charge in [0.25, 0.3) is 0 Å². The van der Waals surface area contributed by atoms with E-state index in [1.807, 2.05) is 0 Å². The van der Waals surface area contributed by atoms with Crippen LogP contribution in [0.2, 0.25) is 0 Å². The van der Waals surface area contributed by atoms with Crippen LogP contribution in [-0.4, -0.2) is 22.4 Å². The third-order valence-electron chi connectivity index (χ3n) is 4.07. The van der Waals surface area contributed by atoms with Crippen molar-refractivity contribution in [2.75, 3.05) is 6.54 Å². The van der Waals surface area contributed by atoms with E-state index in [4.69, 9.17) is 0 Å². The molecule has 0 aromatic carbocycles. The van der Waals surface area contributed by atoms with Crippen LogP contribution in [0.5, 0.6) is 0 Å². The molecule has 1 aromatic heterocycles. The molecule has 2 fully saturated rings. The van der Waals surface area contributed by atoms with Crippen molar-refractivity contribution >= 4 is 0 Å². The first kappa shape index (κ1) is 11.3. The lowest BCUT2D eigenvalue weighted by molar-refractivity contribution is 0.399. The summed E-state index contributed by atoms with van der Waals surface area (Å²) >= 11 is 0. The van der Waals surface area contributed by atoms with E-state index in [1.165, 1.54) is 31.4 Å². The van der Waals surface area contributed by atoms with E-state index in [2.05, 4.69) is 35.0 Å². The van der Waals surface area contributed by atoms with E-state index in [0.717, 1.165) is 36.7 Å². The lowest BCUT2D eigenvalue weighted by Gasteiger charge is -2.17. The Kier molecular flexibility index (Phi) is 2.95. The summed E-state index contributed by atoms with van der Waals surface area (Å²) in [5.41, 5.74) is 2.40. The summed E-state index contributed by atoms with van der Waals surface area (Å²) in [5, 5.41) is 8.27. The maximum Gasteiger partial charge on any atom is 0.0596 e. The Labute approximate surface area is 104 Å². The summed E-state index contributed by atoms with van der Waals surface area (Å²) < 4.78 is 2.12. The molecule has 3 rings (SSSR count). The molecular weight excluding hydrogens is 210 g/mol. The molecule has 1 N–H and O–H groups in total. The first-order valence-corrected chi connectivity index (χ1v) is 6.98. The number of hydrogen-bond donors (Lipinski definition) is 1. The molecule has 0 aliphatic heterocycles. The van der Waals surface area contributed by atoms with E-state index in [0.29, 0.717) is 0 Å². The van der Waals surface area contributed by atoms with Crippen molar-refractivity contribution in [2.45, 2.75) is 52.1 Å². The number of nitrogens with one attached hydrogen (secondary N) is 1. The average molecular weight is 233 g/mol. The van der Waals surface area contributed by atoms with E-state index in [-0.39, 0.29) is 0 Å². The molecule has 0 amide bonds. The van der Waals surface area contributed by atoms with E-state index in [9.17, 15) is 0 Å². The fourth-order valence-electron chi connectivity index (χ4n) is 2.87. The molecule has 3 heteroatoms.